The molecule has 1 aliphatic carbocycles. The van der Waals surface area contributed by atoms with Gasteiger partial charge in [-0.1, -0.05) is 31.4 Å². The molecule has 20 heavy (non-hydrogen) atoms. The lowest BCUT2D eigenvalue weighted by Gasteiger charge is -2.34. The van der Waals surface area contributed by atoms with Crippen molar-refractivity contribution in [2.45, 2.75) is 62.4 Å². The fourth-order valence-electron chi connectivity index (χ4n) is 3.65. The average molecular weight is 293 g/mol. The maximum absolute atomic E-state index is 13.9. The molecule has 1 nitrogen and oxygen atoms in total. The minimum atomic E-state index is -0.0516. The summed E-state index contributed by atoms with van der Waals surface area (Å²) in [7, 11) is 0. The van der Waals surface area contributed by atoms with E-state index in [-0.39, 0.29) is 5.82 Å². The van der Waals surface area contributed by atoms with Crippen LogP contribution in [-0.2, 0) is 0 Å². The zero-order valence-electron chi connectivity index (χ0n) is 12.2. The van der Waals surface area contributed by atoms with Gasteiger partial charge in [0.1, 0.15) is 5.82 Å². The van der Waals surface area contributed by atoms with Crippen molar-refractivity contribution in [3.05, 3.63) is 29.6 Å². The molecule has 1 aromatic rings. The number of hydrogen-bond acceptors (Lipinski definition) is 2. The Hall–Kier alpha value is -0.540. The number of rotatable bonds is 3. The lowest BCUT2D eigenvalue weighted by atomic mass is 9.84. The Labute approximate surface area is 125 Å². The van der Waals surface area contributed by atoms with E-state index < -0.39 is 0 Å². The second kappa shape index (κ2) is 6.48. The summed E-state index contributed by atoms with van der Waals surface area (Å²) in [5.41, 5.74) is 1.17. The number of hydrogen-bond donors (Lipinski definition) is 1. The van der Waals surface area contributed by atoms with Gasteiger partial charge in [0.15, 0.2) is 0 Å². The summed E-state index contributed by atoms with van der Waals surface area (Å²) < 4.78 is 13.9. The van der Waals surface area contributed by atoms with Gasteiger partial charge in [0.25, 0.3) is 0 Å². The molecule has 0 amide bonds. The van der Waals surface area contributed by atoms with Crippen LogP contribution in [0.3, 0.4) is 0 Å². The van der Waals surface area contributed by atoms with Crippen LogP contribution in [0.5, 0.6) is 0 Å². The van der Waals surface area contributed by atoms with E-state index in [1.165, 1.54) is 37.7 Å². The third kappa shape index (κ3) is 3.04. The highest BCUT2D eigenvalue weighted by Crippen LogP contribution is 2.38. The maximum atomic E-state index is 13.9. The van der Waals surface area contributed by atoms with Crippen molar-refractivity contribution in [3.63, 3.8) is 0 Å². The van der Waals surface area contributed by atoms with Gasteiger partial charge in [-0.25, -0.2) is 4.39 Å². The molecular formula is C17H24FNS. The van der Waals surface area contributed by atoms with Gasteiger partial charge in [-0.15, -0.1) is 11.8 Å². The van der Waals surface area contributed by atoms with Gasteiger partial charge in [-0.2, -0.15) is 0 Å². The van der Waals surface area contributed by atoms with E-state index >= 15 is 0 Å². The molecule has 1 fully saturated rings. The first-order valence-corrected chi connectivity index (χ1v) is 8.91. The summed E-state index contributed by atoms with van der Waals surface area (Å²) in [5.74, 6) is 1.77. The molecule has 1 aliphatic heterocycles. The first kappa shape index (κ1) is 14.4. The normalized spacial score (nSPS) is 25.2. The minimum absolute atomic E-state index is 0.0516. The van der Waals surface area contributed by atoms with E-state index in [2.05, 4.69) is 18.3 Å². The molecule has 3 rings (SSSR count). The van der Waals surface area contributed by atoms with Crippen molar-refractivity contribution >= 4 is 11.8 Å². The van der Waals surface area contributed by atoms with Crippen LogP contribution in [0, 0.1) is 11.7 Å². The summed E-state index contributed by atoms with van der Waals surface area (Å²) in [6.07, 6.45) is 7.97. The molecule has 0 bridgehead atoms. The number of nitrogens with one attached hydrogen (secondary N) is 1. The molecule has 2 aliphatic rings. The first-order chi connectivity index (χ1) is 9.75. The van der Waals surface area contributed by atoms with Crippen LogP contribution in [-0.4, -0.2) is 11.8 Å². The zero-order chi connectivity index (χ0) is 13.9. The molecule has 1 N–H and O–H groups in total. The predicted octanol–water partition coefficient (Wildman–Crippen LogP) is 4.92. The average Bonchev–Trinajstić information content (AvgIpc) is 2.49. The number of benzene rings is 1. The Morgan fingerprint density at radius 1 is 1.20 bits per heavy atom. The van der Waals surface area contributed by atoms with Crippen molar-refractivity contribution in [2.75, 3.05) is 5.75 Å². The summed E-state index contributed by atoms with van der Waals surface area (Å²) >= 11 is 1.67. The van der Waals surface area contributed by atoms with Crippen LogP contribution in [0.1, 0.15) is 57.1 Å². The second-order valence-corrected chi connectivity index (χ2v) is 7.31. The van der Waals surface area contributed by atoms with Crippen LogP contribution >= 0.6 is 11.8 Å². The summed E-state index contributed by atoms with van der Waals surface area (Å²) in [5, 5.41) is 3.79. The van der Waals surface area contributed by atoms with Crippen molar-refractivity contribution in [1.29, 1.82) is 0 Å². The van der Waals surface area contributed by atoms with E-state index in [4.69, 9.17) is 0 Å². The van der Waals surface area contributed by atoms with Crippen molar-refractivity contribution in [2.24, 2.45) is 5.92 Å². The van der Waals surface area contributed by atoms with Crippen LogP contribution < -0.4 is 5.32 Å². The molecule has 0 aromatic heterocycles. The lowest BCUT2D eigenvalue weighted by molar-refractivity contribution is 0.261. The smallest absolute Gasteiger partial charge is 0.137 e. The molecular weight excluding hydrogens is 269 g/mol. The monoisotopic (exact) mass is 293 g/mol. The number of thioether (sulfide) groups is 1. The third-order valence-electron chi connectivity index (χ3n) is 4.85. The van der Waals surface area contributed by atoms with Crippen molar-refractivity contribution in [1.82, 2.24) is 5.32 Å². The Morgan fingerprint density at radius 2 is 2.00 bits per heavy atom. The highest BCUT2D eigenvalue weighted by atomic mass is 32.2. The molecule has 0 spiro atoms. The van der Waals surface area contributed by atoms with Crippen LogP contribution in [0.15, 0.2) is 23.1 Å². The zero-order valence-corrected chi connectivity index (χ0v) is 13.0. The van der Waals surface area contributed by atoms with Gasteiger partial charge in [0.2, 0.25) is 0 Å². The Morgan fingerprint density at radius 3 is 2.80 bits per heavy atom. The first-order valence-electron chi connectivity index (χ1n) is 7.93. The highest BCUT2D eigenvalue weighted by Gasteiger charge is 2.27. The SMILES string of the molecule is CC(NC1CCSc2c(F)cccc21)C1CCCCC1. The predicted molar refractivity (Wildman–Crippen MR) is 83.7 cm³/mol. The van der Waals surface area contributed by atoms with E-state index in [1.807, 2.05) is 6.07 Å². The molecule has 3 heteroatoms. The summed E-state index contributed by atoms with van der Waals surface area (Å²) in [4.78, 5) is 0.868. The third-order valence-corrected chi connectivity index (χ3v) is 6.01. The standard InChI is InChI=1S/C17H24FNS/c1-12(13-6-3-2-4-7-13)19-16-10-11-20-17-14(16)8-5-9-15(17)18/h5,8-9,12-13,16,19H,2-4,6-7,10-11H2,1H3. The molecule has 110 valence electrons. The van der Waals surface area contributed by atoms with E-state index in [0.29, 0.717) is 12.1 Å². The fourth-order valence-corrected chi connectivity index (χ4v) is 4.79. The van der Waals surface area contributed by atoms with Gasteiger partial charge < -0.3 is 5.32 Å². The maximum Gasteiger partial charge on any atom is 0.137 e. The van der Waals surface area contributed by atoms with Crippen molar-refractivity contribution in [3.8, 4) is 0 Å². The number of halogens is 1. The molecule has 0 saturated heterocycles. The molecule has 2 atom stereocenters. The van der Waals surface area contributed by atoms with E-state index in [0.717, 1.165) is 23.0 Å². The molecule has 1 heterocycles. The lowest BCUT2D eigenvalue weighted by Crippen LogP contribution is -2.38. The Kier molecular flexibility index (Phi) is 4.67. The Balaban J connectivity index is 1.71. The van der Waals surface area contributed by atoms with Crippen LogP contribution in [0.4, 0.5) is 4.39 Å². The van der Waals surface area contributed by atoms with E-state index in [1.54, 1.807) is 17.8 Å². The number of fused-ring (bicyclic) bond motifs is 1. The fraction of sp³-hybridized carbons (Fsp3) is 0.647. The highest BCUT2D eigenvalue weighted by molar-refractivity contribution is 7.99. The quantitative estimate of drug-likeness (QED) is 0.849. The van der Waals surface area contributed by atoms with Crippen LogP contribution in [0.2, 0.25) is 0 Å². The van der Waals surface area contributed by atoms with Crippen molar-refractivity contribution < 1.29 is 4.39 Å². The van der Waals surface area contributed by atoms with Gasteiger partial charge in [-0.05, 0) is 49.5 Å². The van der Waals surface area contributed by atoms with E-state index in [9.17, 15) is 4.39 Å². The second-order valence-electron chi connectivity index (χ2n) is 6.20. The molecule has 0 radical (unpaired) electrons. The van der Waals surface area contributed by atoms with Crippen LogP contribution in [0.25, 0.3) is 0 Å². The van der Waals surface area contributed by atoms with Gasteiger partial charge in [0.05, 0.1) is 0 Å². The summed E-state index contributed by atoms with van der Waals surface area (Å²) in [6, 6.07) is 6.40. The van der Waals surface area contributed by atoms with Gasteiger partial charge in [-0.3, -0.25) is 0 Å². The van der Waals surface area contributed by atoms with Gasteiger partial charge in [0, 0.05) is 17.0 Å². The minimum Gasteiger partial charge on any atom is -0.307 e. The molecule has 1 saturated carbocycles. The van der Waals surface area contributed by atoms with Gasteiger partial charge >= 0.3 is 0 Å². The summed E-state index contributed by atoms with van der Waals surface area (Å²) in [6.45, 7) is 2.32. The molecule has 1 aromatic carbocycles. The topological polar surface area (TPSA) is 12.0 Å². The largest absolute Gasteiger partial charge is 0.307 e. The Bertz CT molecular complexity index is 456. The molecule has 2 unspecified atom stereocenters.